The van der Waals surface area contributed by atoms with Gasteiger partial charge in [-0.3, -0.25) is 0 Å². The second-order valence-electron chi connectivity index (χ2n) is 3.90. The maximum atomic E-state index is 12.3. The lowest BCUT2D eigenvalue weighted by Gasteiger charge is -2.20. The molecule has 2 rings (SSSR count). The van der Waals surface area contributed by atoms with Gasteiger partial charge in [0.25, 0.3) is 10.0 Å². The summed E-state index contributed by atoms with van der Waals surface area (Å²) in [6.07, 6.45) is 0. The number of sulfonamides is 1. The Kier molecular flexibility index (Phi) is 3.36. The molecule has 0 unspecified atom stereocenters. The fourth-order valence-electron chi connectivity index (χ4n) is 1.65. The van der Waals surface area contributed by atoms with Crippen molar-refractivity contribution in [1.29, 1.82) is 0 Å². The van der Waals surface area contributed by atoms with Gasteiger partial charge in [-0.1, -0.05) is 36.4 Å². The Morgan fingerprint density at radius 3 is 2.11 bits per heavy atom. The monoisotopic (exact) mass is 262 g/mol. The van der Waals surface area contributed by atoms with E-state index in [-0.39, 0.29) is 4.90 Å². The van der Waals surface area contributed by atoms with E-state index in [0.29, 0.717) is 5.69 Å². The molecule has 0 fully saturated rings. The summed E-state index contributed by atoms with van der Waals surface area (Å²) in [6, 6.07) is 15.2. The van der Waals surface area contributed by atoms with E-state index in [1.165, 1.54) is 12.1 Å². The molecule has 5 heteroatoms. The lowest BCUT2D eigenvalue weighted by Crippen LogP contribution is -2.37. The van der Waals surface area contributed by atoms with E-state index >= 15 is 0 Å². The summed E-state index contributed by atoms with van der Waals surface area (Å²) in [5.41, 5.74) is 1.28. The zero-order valence-electron chi connectivity index (χ0n) is 9.95. The minimum Gasteiger partial charge on any atom is -0.233 e. The molecule has 0 saturated heterocycles. The fraction of sp³-hybridized carbons (Fsp3) is 0.0769. The predicted molar refractivity (Wildman–Crippen MR) is 71.5 cm³/mol. The largest absolute Gasteiger partial charge is 0.277 e. The number of nitrogens with two attached hydrogens (primary N) is 1. The van der Waals surface area contributed by atoms with Crippen molar-refractivity contribution in [2.75, 3.05) is 4.41 Å². The number of hydrazine groups is 1. The molecular formula is C13H14N2O2S. The van der Waals surface area contributed by atoms with E-state index in [4.69, 9.17) is 5.84 Å². The Balaban J connectivity index is 2.47. The first kappa shape index (κ1) is 12.6. The first-order valence-corrected chi connectivity index (χ1v) is 6.88. The van der Waals surface area contributed by atoms with Crippen molar-refractivity contribution in [3.05, 3.63) is 60.2 Å². The molecule has 0 atom stereocenters. The number of benzene rings is 2. The lowest BCUT2D eigenvalue weighted by molar-refractivity contribution is 0.592. The van der Waals surface area contributed by atoms with Gasteiger partial charge in [0, 0.05) is 0 Å². The molecule has 0 aliphatic heterocycles. The quantitative estimate of drug-likeness (QED) is 0.680. The normalized spacial score (nSPS) is 11.2. The molecule has 0 aliphatic rings. The SMILES string of the molecule is Cc1ccccc1N(N)S(=O)(=O)c1ccccc1. The van der Waals surface area contributed by atoms with E-state index in [9.17, 15) is 8.42 Å². The summed E-state index contributed by atoms with van der Waals surface area (Å²) < 4.78 is 25.4. The van der Waals surface area contributed by atoms with E-state index in [2.05, 4.69) is 0 Å². The highest BCUT2D eigenvalue weighted by Gasteiger charge is 2.22. The molecule has 0 amide bonds. The number of para-hydroxylation sites is 1. The van der Waals surface area contributed by atoms with Crippen molar-refractivity contribution >= 4 is 15.7 Å². The number of hydrogen-bond donors (Lipinski definition) is 1. The summed E-state index contributed by atoms with van der Waals surface area (Å²) in [4.78, 5) is 0.177. The molecule has 0 spiro atoms. The molecule has 94 valence electrons. The average Bonchev–Trinajstić information content (AvgIpc) is 2.39. The van der Waals surface area contributed by atoms with Crippen LogP contribution in [0, 0.1) is 6.92 Å². The van der Waals surface area contributed by atoms with E-state index in [0.717, 1.165) is 9.98 Å². The highest BCUT2D eigenvalue weighted by molar-refractivity contribution is 7.92. The van der Waals surface area contributed by atoms with Gasteiger partial charge in [0.05, 0.1) is 10.6 Å². The number of nitrogens with zero attached hydrogens (tertiary/aromatic N) is 1. The molecule has 0 bridgehead atoms. The molecule has 2 aromatic rings. The Morgan fingerprint density at radius 1 is 0.944 bits per heavy atom. The molecular weight excluding hydrogens is 248 g/mol. The van der Waals surface area contributed by atoms with Crippen molar-refractivity contribution in [3.63, 3.8) is 0 Å². The summed E-state index contributed by atoms with van der Waals surface area (Å²) in [6.45, 7) is 1.82. The Morgan fingerprint density at radius 2 is 1.50 bits per heavy atom. The molecule has 0 saturated carbocycles. The lowest BCUT2D eigenvalue weighted by atomic mass is 10.2. The molecule has 0 aliphatic carbocycles. The van der Waals surface area contributed by atoms with Gasteiger partial charge in [0.2, 0.25) is 0 Å². The number of rotatable bonds is 3. The Bertz CT molecular complexity index is 639. The van der Waals surface area contributed by atoms with E-state index in [1.807, 2.05) is 19.1 Å². The van der Waals surface area contributed by atoms with Crippen LogP contribution in [0.15, 0.2) is 59.5 Å². The van der Waals surface area contributed by atoms with Crippen LogP contribution in [0.5, 0.6) is 0 Å². The molecule has 4 nitrogen and oxygen atoms in total. The molecule has 2 N–H and O–H groups in total. The van der Waals surface area contributed by atoms with Gasteiger partial charge in [-0.2, -0.15) is 8.42 Å². The van der Waals surface area contributed by atoms with E-state index < -0.39 is 10.0 Å². The topological polar surface area (TPSA) is 63.4 Å². The molecule has 18 heavy (non-hydrogen) atoms. The van der Waals surface area contributed by atoms with Crippen molar-refractivity contribution in [1.82, 2.24) is 0 Å². The maximum Gasteiger partial charge on any atom is 0.277 e. The van der Waals surface area contributed by atoms with Crippen LogP contribution in [0.4, 0.5) is 5.69 Å². The van der Waals surface area contributed by atoms with Crippen molar-refractivity contribution in [2.45, 2.75) is 11.8 Å². The highest BCUT2D eigenvalue weighted by atomic mass is 32.2. The second-order valence-corrected chi connectivity index (χ2v) is 5.72. The van der Waals surface area contributed by atoms with Crippen LogP contribution in [0.25, 0.3) is 0 Å². The summed E-state index contributed by atoms with van der Waals surface area (Å²) in [7, 11) is -3.70. The minimum atomic E-state index is -3.70. The van der Waals surface area contributed by atoms with Crippen LogP contribution >= 0.6 is 0 Å². The standard InChI is InChI=1S/C13H14N2O2S/c1-11-7-5-6-10-13(11)15(14)18(16,17)12-8-3-2-4-9-12/h2-10H,14H2,1H3. The Labute approximate surface area is 107 Å². The number of anilines is 1. The third-order valence-corrected chi connectivity index (χ3v) is 4.24. The van der Waals surface area contributed by atoms with Crippen molar-refractivity contribution in [2.24, 2.45) is 5.84 Å². The smallest absolute Gasteiger partial charge is 0.233 e. The molecule has 2 aromatic carbocycles. The highest BCUT2D eigenvalue weighted by Crippen LogP contribution is 2.23. The number of hydrogen-bond acceptors (Lipinski definition) is 3. The van der Waals surface area contributed by atoms with Crippen molar-refractivity contribution in [3.8, 4) is 0 Å². The van der Waals surface area contributed by atoms with Gasteiger partial charge in [-0.25, -0.2) is 10.3 Å². The van der Waals surface area contributed by atoms with Crippen LogP contribution in [0.2, 0.25) is 0 Å². The van der Waals surface area contributed by atoms with Crippen molar-refractivity contribution < 1.29 is 8.42 Å². The zero-order chi connectivity index (χ0) is 13.2. The Hall–Kier alpha value is -1.85. The van der Waals surface area contributed by atoms with Gasteiger partial charge in [-0.05, 0) is 30.7 Å². The molecule has 0 heterocycles. The first-order valence-electron chi connectivity index (χ1n) is 5.44. The maximum absolute atomic E-state index is 12.3. The number of aryl methyl sites for hydroxylation is 1. The summed E-state index contributed by atoms with van der Waals surface area (Å²) in [5.74, 6) is 5.75. The van der Waals surface area contributed by atoms with Gasteiger partial charge in [-0.15, -0.1) is 0 Å². The summed E-state index contributed by atoms with van der Waals surface area (Å²) >= 11 is 0. The van der Waals surface area contributed by atoms with Crippen LogP contribution in [-0.4, -0.2) is 8.42 Å². The van der Waals surface area contributed by atoms with Gasteiger partial charge in [0.1, 0.15) is 0 Å². The zero-order valence-corrected chi connectivity index (χ0v) is 10.8. The second kappa shape index (κ2) is 4.80. The van der Waals surface area contributed by atoms with Gasteiger partial charge in [0.15, 0.2) is 0 Å². The summed E-state index contributed by atoms with van der Waals surface area (Å²) in [5, 5.41) is 0. The first-order chi connectivity index (χ1) is 8.53. The van der Waals surface area contributed by atoms with Crippen LogP contribution in [-0.2, 0) is 10.0 Å². The van der Waals surface area contributed by atoms with Crippen LogP contribution < -0.4 is 10.3 Å². The van der Waals surface area contributed by atoms with E-state index in [1.54, 1.807) is 30.3 Å². The van der Waals surface area contributed by atoms with Crippen LogP contribution in [0.3, 0.4) is 0 Å². The third-order valence-electron chi connectivity index (χ3n) is 2.65. The third kappa shape index (κ3) is 2.23. The van der Waals surface area contributed by atoms with Gasteiger partial charge < -0.3 is 0 Å². The average molecular weight is 262 g/mol. The molecule has 0 aromatic heterocycles. The fourth-order valence-corrected chi connectivity index (χ4v) is 2.84. The van der Waals surface area contributed by atoms with Crippen LogP contribution in [0.1, 0.15) is 5.56 Å². The van der Waals surface area contributed by atoms with Gasteiger partial charge >= 0.3 is 0 Å². The predicted octanol–water partition coefficient (Wildman–Crippen LogP) is 2.06. The minimum absolute atomic E-state index is 0.177. The molecule has 0 radical (unpaired) electrons.